The highest BCUT2D eigenvalue weighted by Gasteiger charge is 2.76. The molecule has 0 amide bonds. The number of hydrogen-bond donors (Lipinski definition) is 0. The van der Waals surface area contributed by atoms with Gasteiger partial charge in [0.25, 0.3) is 6.10 Å². The lowest BCUT2D eigenvalue weighted by Gasteiger charge is -2.33. The molecule has 2 saturated carbocycles. The van der Waals surface area contributed by atoms with Gasteiger partial charge in [-0.1, -0.05) is 27.7 Å². The molecule has 3 rings (SSSR count). The minimum absolute atomic E-state index is 0.0413. The van der Waals surface area contributed by atoms with Gasteiger partial charge in [0, 0.05) is 11.8 Å². The number of ether oxygens (including phenoxy) is 3. The quantitative estimate of drug-likeness (QED) is 0.231. The molecular formula is C21H26F6O6. The van der Waals surface area contributed by atoms with Gasteiger partial charge in [-0.3, -0.25) is 14.4 Å². The van der Waals surface area contributed by atoms with E-state index in [2.05, 4.69) is 4.74 Å². The first kappa shape index (κ1) is 25.6. The fraction of sp³-hybridized carbons (Fsp3) is 0.857. The standard InChI is InChI=1S/C21H26F6O6/c1-8(2)5-11(9(3)4)15(28)31-13-10-6-12-14(13)32-17(29)19(12,7-10)18(30)33-16(20(22,23)24)21(25,26)27/h8-14,16H,5-7H2,1-4H3. The first-order valence-corrected chi connectivity index (χ1v) is 10.8. The van der Waals surface area contributed by atoms with Crippen molar-refractivity contribution in [2.75, 3.05) is 0 Å². The van der Waals surface area contributed by atoms with E-state index in [1.807, 2.05) is 27.7 Å². The SMILES string of the molecule is CC(C)CC(C(=O)OC1C2CC3C1OC(=O)C3(C(=O)OC(C(F)(F)F)C(F)(F)F)C2)C(C)C. The van der Waals surface area contributed by atoms with Crippen LogP contribution in [0.25, 0.3) is 0 Å². The molecule has 1 heterocycles. The maximum absolute atomic E-state index is 12.9. The molecule has 0 aromatic carbocycles. The van der Waals surface area contributed by atoms with Gasteiger partial charge >= 0.3 is 30.3 Å². The van der Waals surface area contributed by atoms with Crippen molar-refractivity contribution in [2.24, 2.45) is 35.0 Å². The Labute approximate surface area is 186 Å². The highest BCUT2D eigenvalue weighted by Crippen LogP contribution is 2.63. The molecule has 0 N–H and O–H groups in total. The maximum Gasteiger partial charge on any atom is 0.434 e. The van der Waals surface area contributed by atoms with Gasteiger partial charge in [-0.05, 0) is 31.1 Å². The molecule has 2 bridgehead atoms. The van der Waals surface area contributed by atoms with Crippen molar-refractivity contribution < 1.29 is 54.9 Å². The van der Waals surface area contributed by atoms with Crippen LogP contribution in [0.15, 0.2) is 0 Å². The van der Waals surface area contributed by atoms with E-state index in [9.17, 15) is 40.7 Å². The Kier molecular flexibility index (Phi) is 6.47. The van der Waals surface area contributed by atoms with Gasteiger partial charge in [0.2, 0.25) is 0 Å². The molecule has 12 heteroatoms. The van der Waals surface area contributed by atoms with Gasteiger partial charge in [0.15, 0.2) is 5.41 Å². The first-order valence-electron chi connectivity index (χ1n) is 10.8. The Hall–Kier alpha value is -2.01. The van der Waals surface area contributed by atoms with Crippen LogP contribution in [0.4, 0.5) is 26.3 Å². The molecule has 0 radical (unpaired) electrons. The van der Waals surface area contributed by atoms with E-state index in [0.29, 0.717) is 6.42 Å². The summed E-state index contributed by atoms with van der Waals surface area (Å²) in [5.41, 5.74) is -2.26. The zero-order valence-corrected chi connectivity index (χ0v) is 18.5. The van der Waals surface area contributed by atoms with Crippen molar-refractivity contribution in [1.29, 1.82) is 0 Å². The molecule has 6 unspecified atom stereocenters. The summed E-state index contributed by atoms with van der Waals surface area (Å²) in [7, 11) is 0. The molecule has 0 spiro atoms. The summed E-state index contributed by atoms with van der Waals surface area (Å²) in [4.78, 5) is 37.9. The Morgan fingerprint density at radius 3 is 2.15 bits per heavy atom. The van der Waals surface area contributed by atoms with E-state index >= 15 is 0 Å². The Morgan fingerprint density at radius 1 is 1.09 bits per heavy atom. The number of alkyl halides is 6. The van der Waals surface area contributed by atoms with Crippen molar-refractivity contribution in [3.63, 3.8) is 0 Å². The van der Waals surface area contributed by atoms with Crippen molar-refractivity contribution in [3.05, 3.63) is 0 Å². The Morgan fingerprint density at radius 2 is 1.67 bits per heavy atom. The van der Waals surface area contributed by atoms with Crippen LogP contribution in [0.1, 0.15) is 47.0 Å². The predicted molar refractivity (Wildman–Crippen MR) is 98.2 cm³/mol. The van der Waals surface area contributed by atoms with Crippen LogP contribution < -0.4 is 0 Å². The van der Waals surface area contributed by atoms with Crippen LogP contribution >= 0.6 is 0 Å². The normalized spacial score (nSPS) is 32.0. The third-order valence-corrected chi connectivity index (χ3v) is 6.83. The van der Waals surface area contributed by atoms with Gasteiger partial charge in [0.1, 0.15) is 12.2 Å². The second-order valence-electron chi connectivity index (χ2n) is 9.90. The van der Waals surface area contributed by atoms with E-state index in [0.717, 1.165) is 0 Å². The van der Waals surface area contributed by atoms with Crippen LogP contribution in [0.2, 0.25) is 0 Å². The number of fused-ring (bicyclic) bond motifs is 1. The number of carbonyl (C=O) groups is 3. The fourth-order valence-electron chi connectivity index (χ4n) is 5.33. The summed E-state index contributed by atoms with van der Waals surface area (Å²) in [5.74, 6) is -5.58. The Bertz CT molecular complexity index is 792. The van der Waals surface area contributed by atoms with Crippen LogP contribution in [-0.2, 0) is 28.6 Å². The van der Waals surface area contributed by atoms with E-state index in [-0.39, 0.29) is 18.3 Å². The summed E-state index contributed by atoms with van der Waals surface area (Å²) in [6.45, 7) is 7.58. The maximum atomic E-state index is 12.9. The summed E-state index contributed by atoms with van der Waals surface area (Å²) >= 11 is 0. The highest BCUT2D eigenvalue weighted by atomic mass is 19.4. The number of halogens is 6. The average Bonchev–Trinajstić information content (AvgIpc) is 3.24. The van der Waals surface area contributed by atoms with Crippen LogP contribution in [0.5, 0.6) is 0 Å². The zero-order valence-electron chi connectivity index (χ0n) is 18.5. The van der Waals surface area contributed by atoms with E-state index in [1.165, 1.54) is 0 Å². The second-order valence-corrected chi connectivity index (χ2v) is 9.90. The van der Waals surface area contributed by atoms with Gasteiger partial charge in [0.05, 0.1) is 5.92 Å². The molecule has 188 valence electrons. The lowest BCUT2D eigenvalue weighted by molar-refractivity contribution is -0.315. The molecule has 6 nitrogen and oxygen atoms in total. The van der Waals surface area contributed by atoms with Crippen LogP contribution in [0.3, 0.4) is 0 Å². The topological polar surface area (TPSA) is 78.9 Å². The highest BCUT2D eigenvalue weighted by molar-refractivity contribution is 6.03. The Balaban J connectivity index is 1.78. The summed E-state index contributed by atoms with van der Waals surface area (Å²) < 4.78 is 91.8. The average molecular weight is 488 g/mol. The fourth-order valence-corrected chi connectivity index (χ4v) is 5.33. The molecule has 1 saturated heterocycles. The van der Waals surface area contributed by atoms with E-state index in [4.69, 9.17) is 9.47 Å². The predicted octanol–water partition coefficient (Wildman–Crippen LogP) is 4.20. The number of rotatable bonds is 7. The minimum Gasteiger partial charge on any atom is -0.458 e. The third kappa shape index (κ3) is 4.41. The first-order chi connectivity index (χ1) is 15.0. The van der Waals surface area contributed by atoms with E-state index < -0.39 is 78.2 Å². The monoisotopic (exact) mass is 488 g/mol. The summed E-state index contributed by atoms with van der Waals surface area (Å²) in [6, 6.07) is 0. The molecule has 0 aromatic heterocycles. The van der Waals surface area contributed by atoms with E-state index in [1.54, 1.807) is 0 Å². The summed E-state index contributed by atoms with van der Waals surface area (Å²) in [6.07, 6.45) is -17.9. The van der Waals surface area contributed by atoms with Gasteiger partial charge in [-0.2, -0.15) is 26.3 Å². The van der Waals surface area contributed by atoms with Crippen LogP contribution in [0, 0.1) is 35.0 Å². The van der Waals surface area contributed by atoms with Crippen molar-refractivity contribution >= 4 is 17.9 Å². The number of esters is 3. The zero-order chi connectivity index (χ0) is 25.1. The molecule has 3 fully saturated rings. The van der Waals surface area contributed by atoms with Gasteiger partial charge in [-0.15, -0.1) is 0 Å². The lowest BCUT2D eigenvalue weighted by atomic mass is 9.73. The molecule has 33 heavy (non-hydrogen) atoms. The molecule has 0 aromatic rings. The summed E-state index contributed by atoms with van der Waals surface area (Å²) in [5, 5.41) is 0. The van der Waals surface area contributed by atoms with Crippen molar-refractivity contribution in [3.8, 4) is 0 Å². The number of carbonyl (C=O) groups excluding carboxylic acids is 3. The molecular weight excluding hydrogens is 462 g/mol. The molecule has 6 atom stereocenters. The van der Waals surface area contributed by atoms with Gasteiger partial charge in [-0.25, -0.2) is 0 Å². The number of hydrogen-bond acceptors (Lipinski definition) is 6. The van der Waals surface area contributed by atoms with Gasteiger partial charge < -0.3 is 14.2 Å². The molecule has 2 aliphatic carbocycles. The smallest absolute Gasteiger partial charge is 0.434 e. The largest absolute Gasteiger partial charge is 0.458 e. The van der Waals surface area contributed by atoms with Crippen LogP contribution in [-0.4, -0.2) is 48.6 Å². The molecule has 3 aliphatic rings. The molecule has 1 aliphatic heterocycles. The minimum atomic E-state index is -5.90. The van der Waals surface area contributed by atoms with Crippen molar-refractivity contribution in [2.45, 2.75) is 77.6 Å². The lowest BCUT2D eigenvalue weighted by Crippen LogP contribution is -2.51. The second kappa shape index (κ2) is 8.33. The third-order valence-electron chi connectivity index (χ3n) is 6.83. The van der Waals surface area contributed by atoms with Crippen molar-refractivity contribution in [1.82, 2.24) is 0 Å².